The van der Waals surface area contributed by atoms with Gasteiger partial charge < -0.3 is 15.4 Å². The van der Waals surface area contributed by atoms with Crippen LogP contribution in [0.4, 0.5) is 10.5 Å². The minimum atomic E-state index is -0.221. The van der Waals surface area contributed by atoms with Gasteiger partial charge in [-0.3, -0.25) is 0 Å². The van der Waals surface area contributed by atoms with Crippen LogP contribution in [-0.2, 0) is 6.54 Å². The second-order valence-electron chi connectivity index (χ2n) is 4.96. The summed E-state index contributed by atoms with van der Waals surface area (Å²) in [5.41, 5.74) is 4.14. The van der Waals surface area contributed by atoms with Crippen molar-refractivity contribution < 1.29 is 9.53 Å². The zero-order valence-corrected chi connectivity index (χ0v) is 12.6. The number of carbonyl (C=O) groups is 1. The van der Waals surface area contributed by atoms with E-state index in [4.69, 9.17) is 4.74 Å². The number of ether oxygens (including phenoxy) is 1. The Morgan fingerprint density at radius 3 is 2.62 bits per heavy atom. The summed E-state index contributed by atoms with van der Waals surface area (Å²) in [5.74, 6) is 0.781. The first-order valence-corrected chi connectivity index (χ1v) is 6.83. The van der Waals surface area contributed by atoms with Gasteiger partial charge in [0.15, 0.2) is 0 Å². The van der Waals surface area contributed by atoms with Crippen molar-refractivity contribution in [2.45, 2.75) is 20.4 Å². The predicted octanol–water partition coefficient (Wildman–Crippen LogP) is 3.63. The van der Waals surface area contributed by atoms with Crippen LogP contribution in [0.2, 0.25) is 0 Å². The SMILES string of the molecule is COc1cccc(CNC(=O)Nc2ccc(C)c(C)c2)c1. The molecule has 0 aliphatic heterocycles. The molecule has 0 unspecified atom stereocenters. The first-order valence-electron chi connectivity index (χ1n) is 6.83. The van der Waals surface area contributed by atoms with E-state index in [9.17, 15) is 4.79 Å². The van der Waals surface area contributed by atoms with Crippen molar-refractivity contribution in [2.75, 3.05) is 12.4 Å². The van der Waals surface area contributed by atoms with Crippen LogP contribution in [0.15, 0.2) is 42.5 Å². The number of benzene rings is 2. The topological polar surface area (TPSA) is 50.4 Å². The molecule has 0 aliphatic carbocycles. The Balaban J connectivity index is 1.91. The summed E-state index contributed by atoms with van der Waals surface area (Å²) in [5, 5.41) is 5.65. The molecule has 4 nitrogen and oxygen atoms in total. The number of methoxy groups -OCH3 is 1. The van der Waals surface area contributed by atoms with Crippen LogP contribution in [0.1, 0.15) is 16.7 Å². The number of carbonyl (C=O) groups excluding carboxylic acids is 1. The van der Waals surface area contributed by atoms with Crippen molar-refractivity contribution in [3.8, 4) is 5.75 Å². The van der Waals surface area contributed by atoms with E-state index in [1.807, 2.05) is 56.3 Å². The van der Waals surface area contributed by atoms with E-state index in [-0.39, 0.29) is 6.03 Å². The van der Waals surface area contributed by atoms with Crippen LogP contribution in [0, 0.1) is 13.8 Å². The number of hydrogen-bond donors (Lipinski definition) is 2. The summed E-state index contributed by atoms with van der Waals surface area (Å²) in [6.07, 6.45) is 0. The molecule has 0 fully saturated rings. The summed E-state index contributed by atoms with van der Waals surface area (Å²) in [4.78, 5) is 11.9. The van der Waals surface area contributed by atoms with Gasteiger partial charge in [0.1, 0.15) is 5.75 Å². The van der Waals surface area contributed by atoms with Gasteiger partial charge in [0.2, 0.25) is 0 Å². The first kappa shape index (κ1) is 14.9. The molecule has 2 aromatic carbocycles. The maximum absolute atomic E-state index is 11.9. The molecule has 0 bridgehead atoms. The van der Waals surface area contributed by atoms with Crippen molar-refractivity contribution in [2.24, 2.45) is 0 Å². The highest BCUT2D eigenvalue weighted by molar-refractivity contribution is 5.89. The molecule has 0 aromatic heterocycles. The fourth-order valence-electron chi connectivity index (χ4n) is 1.96. The number of amides is 2. The molecule has 0 saturated carbocycles. The lowest BCUT2D eigenvalue weighted by molar-refractivity contribution is 0.251. The lowest BCUT2D eigenvalue weighted by Gasteiger charge is -2.10. The Morgan fingerprint density at radius 2 is 1.90 bits per heavy atom. The molecule has 0 atom stereocenters. The lowest BCUT2D eigenvalue weighted by Crippen LogP contribution is -2.28. The smallest absolute Gasteiger partial charge is 0.319 e. The van der Waals surface area contributed by atoms with E-state index in [0.29, 0.717) is 6.54 Å². The fraction of sp³-hybridized carbons (Fsp3) is 0.235. The third-order valence-electron chi connectivity index (χ3n) is 3.35. The number of urea groups is 1. The number of anilines is 1. The minimum absolute atomic E-state index is 0.221. The molecule has 2 N–H and O–H groups in total. The monoisotopic (exact) mass is 284 g/mol. The zero-order valence-electron chi connectivity index (χ0n) is 12.6. The van der Waals surface area contributed by atoms with E-state index in [2.05, 4.69) is 10.6 Å². The third kappa shape index (κ3) is 4.24. The highest BCUT2D eigenvalue weighted by atomic mass is 16.5. The minimum Gasteiger partial charge on any atom is -0.497 e. The number of hydrogen-bond acceptors (Lipinski definition) is 2. The maximum atomic E-state index is 11.9. The van der Waals surface area contributed by atoms with Crippen LogP contribution in [0.5, 0.6) is 5.75 Å². The average molecular weight is 284 g/mol. The molecule has 21 heavy (non-hydrogen) atoms. The second-order valence-corrected chi connectivity index (χ2v) is 4.96. The normalized spacial score (nSPS) is 10.0. The van der Waals surface area contributed by atoms with Gasteiger partial charge in [-0.2, -0.15) is 0 Å². The van der Waals surface area contributed by atoms with E-state index in [1.165, 1.54) is 5.56 Å². The van der Waals surface area contributed by atoms with Gasteiger partial charge >= 0.3 is 6.03 Å². The van der Waals surface area contributed by atoms with Gasteiger partial charge in [0.25, 0.3) is 0 Å². The first-order chi connectivity index (χ1) is 10.1. The van der Waals surface area contributed by atoms with Gasteiger partial charge in [-0.25, -0.2) is 4.79 Å². The molecule has 0 heterocycles. The molecule has 2 amide bonds. The molecule has 0 spiro atoms. The van der Waals surface area contributed by atoms with Gasteiger partial charge in [-0.05, 0) is 54.8 Å². The summed E-state index contributed by atoms with van der Waals surface area (Å²) in [6, 6.07) is 13.2. The zero-order chi connectivity index (χ0) is 15.2. The fourth-order valence-corrected chi connectivity index (χ4v) is 1.96. The molecule has 0 saturated heterocycles. The number of nitrogens with one attached hydrogen (secondary N) is 2. The van der Waals surface area contributed by atoms with Crippen LogP contribution in [0.3, 0.4) is 0 Å². The molecule has 0 radical (unpaired) electrons. The predicted molar refractivity (Wildman–Crippen MR) is 84.8 cm³/mol. The maximum Gasteiger partial charge on any atom is 0.319 e. The van der Waals surface area contributed by atoms with Gasteiger partial charge in [0, 0.05) is 12.2 Å². The quantitative estimate of drug-likeness (QED) is 0.900. The van der Waals surface area contributed by atoms with E-state index < -0.39 is 0 Å². The largest absolute Gasteiger partial charge is 0.497 e. The van der Waals surface area contributed by atoms with Crippen LogP contribution < -0.4 is 15.4 Å². The molecule has 4 heteroatoms. The second kappa shape index (κ2) is 6.79. The molecule has 2 rings (SSSR count). The lowest BCUT2D eigenvalue weighted by atomic mass is 10.1. The Labute approximate surface area is 125 Å². The Hall–Kier alpha value is -2.49. The van der Waals surface area contributed by atoms with Gasteiger partial charge in [-0.15, -0.1) is 0 Å². The Kier molecular flexibility index (Phi) is 4.82. The third-order valence-corrected chi connectivity index (χ3v) is 3.35. The van der Waals surface area contributed by atoms with E-state index in [1.54, 1.807) is 7.11 Å². The summed E-state index contributed by atoms with van der Waals surface area (Å²) >= 11 is 0. The van der Waals surface area contributed by atoms with Crippen LogP contribution in [0.25, 0.3) is 0 Å². The van der Waals surface area contributed by atoms with Crippen molar-refractivity contribution in [3.63, 3.8) is 0 Å². The van der Waals surface area contributed by atoms with Crippen molar-refractivity contribution in [1.82, 2.24) is 5.32 Å². The summed E-state index contributed by atoms with van der Waals surface area (Å²) in [7, 11) is 1.62. The van der Waals surface area contributed by atoms with Crippen molar-refractivity contribution >= 4 is 11.7 Å². The van der Waals surface area contributed by atoms with Crippen molar-refractivity contribution in [1.29, 1.82) is 0 Å². The highest BCUT2D eigenvalue weighted by Gasteiger charge is 2.03. The standard InChI is InChI=1S/C17H20N2O2/c1-12-7-8-15(9-13(12)2)19-17(20)18-11-14-5-4-6-16(10-14)21-3/h4-10H,11H2,1-3H3,(H2,18,19,20). The van der Waals surface area contributed by atoms with E-state index >= 15 is 0 Å². The Bertz CT molecular complexity index is 638. The van der Waals surface area contributed by atoms with Crippen LogP contribution in [-0.4, -0.2) is 13.1 Å². The molecule has 0 aliphatic rings. The van der Waals surface area contributed by atoms with E-state index in [0.717, 1.165) is 22.6 Å². The van der Waals surface area contributed by atoms with Gasteiger partial charge in [0.05, 0.1) is 7.11 Å². The highest BCUT2D eigenvalue weighted by Crippen LogP contribution is 2.14. The average Bonchev–Trinajstić information content (AvgIpc) is 2.49. The summed E-state index contributed by atoms with van der Waals surface area (Å²) in [6.45, 7) is 4.52. The molecule has 110 valence electrons. The molecular weight excluding hydrogens is 264 g/mol. The Morgan fingerprint density at radius 1 is 1.10 bits per heavy atom. The summed E-state index contributed by atoms with van der Waals surface area (Å²) < 4.78 is 5.15. The molecular formula is C17H20N2O2. The van der Waals surface area contributed by atoms with Crippen LogP contribution >= 0.6 is 0 Å². The number of rotatable bonds is 4. The number of aryl methyl sites for hydroxylation is 2. The van der Waals surface area contributed by atoms with Gasteiger partial charge in [-0.1, -0.05) is 18.2 Å². The van der Waals surface area contributed by atoms with Crippen molar-refractivity contribution in [3.05, 3.63) is 59.2 Å². The molecule has 2 aromatic rings.